The van der Waals surface area contributed by atoms with Gasteiger partial charge in [0.25, 0.3) is 0 Å². The zero-order valence-corrected chi connectivity index (χ0v) is 12.6. The molecule has 0 aromatic heterocycles. The van der Waals surface area contributed by atoms with Crippen molar-refractivity contribution in [1.29, 1.82) is 0 Å². The van der Waals surface area contributed by atoms with Gasteiger partial charge in [-0.25, -0.2) is 10.6 Å². The Hall–Kier alpha value is -0.120. The Kier molecular flexibility index (Phi) is 5.90. The molecule has 0 saturated carbocycles. The normalized spacial score (nSPS) is 24.5. The van der Waals surface area contributed by atoms with Crippen LogP contribution in [-0.4, -0.2) is 54.4 Å². The fourth-order valence-corrected chi connectivity index (χ4v) is 2.21. The van der Waals surface area contributed by atoms with Gasteiger partial charge in [-0.3, -0.25) is 5.01 Å². The predicted molar refractivity (Wildman–Crippen MR) is 72.4 cm³/mol. The number of urea groups is 1. The number of nitrogens with zero attached hydrogens (tertiary/aromatic N) is 2. The van der Waals surface area contributed by atoms with E-state index in [0.29, 0.717) is 13.2 Å². The zero-order valence-electron chi connectivity index (χ0n) is 10.4. The van der Waals surface area contributed by atoms with Crippen LogP contribution in [0.5, 0.6) is 0 Å². The van der Waals surface area contributed by atoms with Crippen LogP contribution in [0.3, 0.4) is 0 Å². The first-order valence-corrected chi connectivity index (χ1v) is 6.51. The maximum Gasteiger partial charge on any atom is 0.334 e. The van der Waals surface area contributed by atoms with E-state index in [4.69, 9.17) is 13.6 Å². The molecular weight excluding hydrogens is 337 g/mol. The molecule has 2 unspecified atom stereocenters. The molecule has 1 fully saturated rings. The summed E-state index contributed by atoms with van der Waals surface area (Å²) in [5.41, 5.74) is 0. The van der Waals surface area contributed by atoms with E-state index >= 15 is 0 Å². The van der Waals surface area contributed by atoms with Crippen molar-refractivity contribution in [2.75, 3.05) is 20.2 Å². The first kappa shape index (κ1) is 14.9. The SMILES string of the molecule is CC(C)OCC1CC(OI)CN1C(=O)N(C)N. The number of hydrogen-bond donors (Lipinski definition) is 1. The molecule has 0 radical (unpaired) electrons. The van der Waals surface area contributed by atoms with Gasteiger partial charge >= 0.3 is 6.03 Å². The minimum Gasteiger partial charge on any atom is -0.377 e. The standard InChI is InChI=1S/C10H20IN3O3/c1-7(2)16-6-8-4-9(17-11)5-14(8)10(15)13(3)12/h7-9H,4-6,12H2,1-3H3. The van der Waals surface area contributed by atoms with E-state index in [2.05, 4.69) is 0 Å². The van der Waals surface area contributed by atoms with E-state index in [1.165, 1.54) is 0 Å². The second-order valence-corrected chi connectivity index (χ2v) is 5.04. The Morgan fingerprint density at radius 2 is 2.29 bits per heavy atom. The van der Waals surface area contributed by atoms with Crippen LogP contribution in [0.15, 0.2) is 0 Å². The summed E-state index contributed by atoms with van der Waals surface area (Å²) in [4.78, 5) is 13.6. The van der Waals surface area contributed by atoms with Gasteiger partial charge < -0.3 is 12.7 Å². The van der Waals surface area contributed by atoms with Crippen LogP contribution in [-0.2, 0) is 7.80 Å². The highest BCUT2D eigenvalue weighted by atomic mass is 127. The number of hydrogen-bond acceptors (Lipinski definition) is 4. The third-order valence-corrected chi connectivity index (χ3v) is 3.39. The van der Waals surface area contributed by atoms with Gasteiger partial charge in [0.15, 0.2) is 0 Å². The number of ether oxygens (including phenoxy) is 1. The molecule has 17 heavy (non-hydrogen) atoms. The van der Waals surface area contributed by atoms with Crippen LogP contribution in [0.25, 0.3) is 0 Å². The molecule has 1 saturated heterocycles. The summed E-state index contributed by atoms with van der Waals surface area (Å²) in [6.07, 6.45) is 0.997. The Labute approximate surface area is 116 Å². The summed E-state index contributed by atoms with van der Waals surface area (Å²) >= 11 is 1.87. The number of amides is 2. The van der Waals surface area contributed by atoms with E-state index in [1.54, 1.807) is 11.9 Å². The molecule has 1 aliphatic heterocycles. The van der Waals surface area contributed by atoms with Crippen molar-refractivity contribution in [1.82, 2.24) is 9.91 Å². The molecule has 100 valence electrons. The Morgan fingerprint density at radius 3 is 2.76 bits per heavy atom. The molecule has 6 nitrogen and oxygen atoms in total. The molecule has 0 aromatic carbocycles. The van der Waals surface area contributed by atoms with Crippen molar-refractivity contribution in [3.05, 3.63) is 0 Å². The van der Waals surface area contributed by atoms with Gasteiger partial charge in [0, 0.05) is 7.05 Å². The fourth-order valence-electron chi connectivity index (χ4n) is 1.84. The smallest absolute Gasteiger partial charge is 0.334 e. The van der Waals surface area contributed by atoms with E-state index in [1.807, 2.05) is 36.9 Å². The molecule has 1 heterocycles. The molecule has 2 atom stereocenters. The molecule has 7 heteroatoms. The highest BCUT2D eigenvalue weighted by Crippen LogP contribution is 2.23. The number of hydrazine groups is 1. The van der Waals surface area contributed by atoms with Crippen LogP contribution in [0.2, 0.25) is 0 Å². The van der Waals surface area contributed by atoms with Crippen LogP contribution in [0.1, 0.15) is 20.3 Å². The average Bonchev–Trinajstić information content (AvgIpc) is 2.68. The lowest BCUT2D eigenvalue weighted by molar-refractivity contribution is 0.0410. The molecule has 0 bridgehead atoms. The highest BCUT2D eigenvalue weighted by molar-refractivity contribution is 14.1. The van der Waals surface area contributed by atoms with Crippen molar-refractivity contribution in [3.8, 4) is 0 Å². The van der Waals surface area contributed by atoms with Gasteiger partial charge in [0.1, 0.15) is 23.0 Å². The number of halogens is 1. The first-order chi connectivity index (χ1) is 7.95. The van der Waals surface area contributed by atoms with Crippen molar-refractivity contribution in [3.63, 3.8) is 0 Å². The molecule has 2 amide bonds. The topological polar surface area (TPSA) is 68.0 Å². The maximum atomic E-state index is 11.9. The summed E-state index contributed by atoms with van der Waals surface area (Å²) in [6, 6.07) is -0.158. The summed E-state index contributed by atoms with van der Waals surface area (Å²) in [5.74, 6) is 5.48. The van der Waals surface area contributed by atoms with Crippen molar-refractivity contribution >= 4 is 29.0 Å². The van der Waals surface area contributed by atoms with Crippen molar-refractivity contribution < 1.29 is 12.6 Å². The van der Waals surface area contributed by atoms with Crippen LogP contribution >= 0.6 is 23.0 Å². The van der Waals surface area contributed by atoms with Crippen LogP contribution < -0.4 is 5.84 Å². The van der Waals surface area contributed by atoms with E-state index in [0.717, 1.165) is 11.4 Å². The van der Waals surface area contributed by atoms with Gasteiger partial charge in [-0.1, -0.05) is 0 Å². The molecular formula is C10H20IN3O3. The summed E-state index contributed by atoms with van der Waals surface area (Å²) < 4.78 is 10.8. The first-order valence-electron chi connectivity index (χ1n) is 5.63. The third kappa shape index (κ3) is 4.23. The molecule has 0 aliphatic carbocycles. The number of carbonyl (C=O) groups excluding carboxylic acids is 1. The summed E-state index contributed by atoms with van der Waals surface area (Å²) in [7, 11) is 1.54. The Morgan fingerprint density at radius 1 is 1.65 bits per heavy atom. The number of rotatable bonds is 4. The predicted octanol–water partition coefficient (Wildman–Crippen LogP) is 1.15. The molecule has 0 aromatic rings. The minimum absolute atomic E-state index is 0.0377. The lowest BCUT2D eigenvalue weighted by Gasteiger charge is -2.27. The number of likely N-dealkylation sites (tertiary alicyclic amines) is 1. The minimum atomic E-state index is -0.196. The second kappa shape index (κ2) is 6.72. The quantitative estimate of drug-likeness (QED) is 0.355. The molecule has 1 rings (SSSR count). The van der Waals surface area contributed by atoms with Gasteiger partial charge in [0.05, 0.1) is 31.4 Å². The maximum absolute atomic E-state index is 11.9. The molecule has 2 N–H and O–H groups in total. The van der Waals surface area contributed by atoms with Crippen LogP contribution in [0.4, 0.5) is 4.79 Å². The Bertz CT molecular complexity index is 263. The lowest BCUT2D eigenvalue weighted by Crippen LogP contribution is -2.48. The van der Waals surface area contributed by atoms with Gasteiger partial charge in [0.2, 0.25) is 0 Å². The van der Waals surface area contributed by atoms with E-state index < -0.39 is 0 Å². The van der Waals surface area contributed by atoms with Gasteiger partial charge in [-0.05, 0) is 20.3 Å². The van der Waals surface area contributed by atoms with Crippen molar-refractivity contribution in [2.45, 2.75) is 38.5 Å². The van der Waals surface area contributed by atoms with Gasteiger partial charge in [-0.2, -0.15) is 0 Å². The fraction of sp³-hybridized carbons (Fsp3) is 0.900. The van der Waals surface area contributed by atoms with Crippen molar-refractivity contribution in [2.24, 2.45) is 5.84 Å². The third-order valence-electron chi connectivity index (χ3n) is 2.67. The monoisotopic (exact) mass is 357 g/mol. The van der Waals surface area contributed by atoms with E-state index in [-0.39, 0.29) is 24.3 Å². The largest absolute Gasteiger partial charge is 0.377 e. The lowest BCUT2D eigenvalue weighted by atomic mass is 10.2. The summed E-state index contributed by atoms with van der Waals surface area (Å²) in [6.45, 7) is 5.04. The molecule has 1 aliphatic rings. The second-order valence-electron chi connectivity index (χ2n) is 4.53. The number of carbonyl (C=O) groups is 1. The Balaban J connectivity index is 2.60. The average molecular weight is 357 g/mol. The number of nitrogens with two attached hydrogens (primary N) is 1. The summed E-state index contributed by atoms with van der Waals surface area (Å²) in [5, 5.41) is 1.10. The van der Waals surface area contributed by atoms with Crippen LogP contribution in [0, 0.1) is 0 Å². The molecule has 0 spiro atoms. The van der Waals surface area contributed by atoms with Gasteiger partial charge in [-0.15, -0.1) is 0 Å². The van der Waals surface area contributed by atoms with E-state index in [9.17, 15) is 4.79 Å². The zero-order chi connectivity index (χ0) is 13.0. The highest BCUT2D eigenvalue weighted by Gasteiger charge is 2.36.